The summed E-state index contributed by atoms with van der Waals surface area (Å²) in [5.41, 5.74) is 1.23. The van der Waals surface area contributed by atoms with E-state index in [1.54, 1.807) is 48.7 Å². The lowest BCUT2D eigenvalue weighted by atomic mass is 9.99. The first-order valence-electron chi connectivity index (χ1n) is 21.3. The van der Waals surface area contributed by atoms with E-state index in [1.807, 2.05) is 43.3 Å². The summed E-state index contributed by atoms with van der Waals surface area (Å²) in [5.74, 6) is -1.32. The maximum absolute atomic E-state index is 13.4. The monoisotopic (exact) mass is 965 g/mol. The third-order valence-electron chi connectivity index (χ3n) is 10.7. The van der Waals surface area contributed by atoms with Crippen LogP contribution in [0.4, 0.5) is 22.7 Å². The second kappa shape index (κ2) is 23.3. The van der Waals surface area contributed by atoms with Crippen molar-refractivity contribution in [2.75, 3.05) is 63.8 Å². The summed E-state index contributed by atoms with van der Waals surface area (Å²) in [6.07, 6.45) is -8.78. The summed E-state index contributed by atoms with van der Waals surface area (Å²) in [6.45, 7) is 0.412. The minimum absolute atomic E-state index is 0.0774. The molecule has 68 heavy (non-hydrogen) atoms. The Morgan fingerprint density at radius 1 is 0.882 bits per heavy atom. The van der Waals surface area contributed by atoms with E-state index < -0.39 is 65.2 Å². The molecule has 1 unspecified atom stereocenters. The summed E-state index contributed by atoms with van der Waals surface area (Å²) < 4.78 is 57.5. The minimum atomic E-state index is -4.50. The Labute approximate surface area is 391 Å². The molecule has 5 aromatic rings. The van der Waals surface area contributed by atoms with Gasteiger partial charge in [-0.2, -0.15) is 18.6 Å². The molecule has 1 aliphatic heterocycles. The number of aromatic nitrogens is 3. The first-order valence-corrected chi connectivity index (χ1v) is 22.8. The molecule has 1 fully saturated rings. The van der Waals surface area contributed by atoms with E-state index in [0.29, 0.717) is 33.7 Å². The van der Waals surface area contributed by atoms with Crippen molar-refractivity contribution in [3.8, 4) is 0 Å². The second-order valence-electron chi connectivity index (χ2n) is 15.9. The number of benzene rings is 4. The van der Waals surface area contributed by atoms with E-state index in [9.17, 15) is 48.1 Å². The van der Waals surface area contributed by atoms with E-state index in [2.05, 4.69) is 36.5 Å². The molecule has 2 amide bonds. The summed E-state index contributed by atoms with van der Waals surface area (Å²) in [6, 6.07) is 23.4. The van der Waals surface area contributed by atoms with Gasteiger partial charge in [0.15, 0.2) is 18.2 Å². The molecule has 0 saturated carbocycles. The van der Waals surface area contributed by atoms with Gasteiger partial charge < -0.3 is 65.3 Å². The number of nitrogens with one attached hydrogen (secondary N) is 3. The molecule has 6 rings (SSSR count). The van der Waals surface area contributed by atoms with Gasteiger partial charge in [-0.15, -0.1) is 5.10 Å². The van der Waals surface area contributed by atoms with Crippen LogP contribution < -0.4 is 20.9 Å². The zero-order chi connectivity index (χ0) is 49.0. The molecule has 0 bridgehead atoms. The number of azo groups is 1. The highest BCUT2D eigenvalue weighted by atomic mass is 32.2. The number of hydrogen-bond donors (Lipinski definition) is 9. The number of ether oxygens (including phenoxy) is 4. The van der Waals surface area contributed by atoms with Gasteiger partial charge in [0.05, 0.1) is 57.1 Å². The normalized spacial score (nSPS) is 19.9. The van der Waals surface area contributed by atoms with Crippen LogP contribution in [0.3, 0.4) is 0 Å². The fraction of sp³-hybridized carbons (Fsp3) is 0.409. The smallest absolute Gasteiger partial charge is 0.295 e. The van der Waals surface area contributed by atoms with E-state index in [-0.39, 0.29) is 62.2 Å². The summed E-state index contributed by atoms with van der Waals surface area (Å²) in [7, 11) is -0.598. The van der Waals surface area contributed by atoms with Crippen molar-refractivity contribution in [3.05, 3.63) is 102 Å². The SMILES string of the molecule is CN(C)c1ccc(/N=N/c2ccc(C(=O)NCc3cn(CCOCCO[C@H](O[C@@H]4O[C@H](CO)[C@H](O)[C@H](O)[C@H]4O)C(C)(O)C(=O)NCCNc4cccc5c(S(=O)(=O)O)cccc45)nn3)cc2)cc1. The summed E-state index contributed by atoms with van der Waals surface area (Å²) in [5, 5.41) is 78.2. The molecule has 366 valence electrons. The molecule has 1 saturated heterocycles. The van der Waals surface area contributed by atoms with Crippen molar-refractivity contribution in [3.63, 3.8) is 0 Å². The number of aliphatic hydroxyl groups excluding tert-OH is 4. The Bertz CT molecular complexity index is 2600. The molecule has 1 aliphatic rings. The lowest BCUT2D eigenvalue weighted by Crippen LogP contribution is -2.62. The molecule has 2 heterocycles. The highest BCUT2D eigenvalue weighted by Gasteiger charge is 2.49. The quantitative estimate of drug-likeness (QED) is 0.0192. The first-order chi connectivity index (χ1) is 32.5. The number of fused-ring (bicyclic) bond motifs is 1. The van der Waals surface area contributed by atoms with Gasteiger partial charge >= 0.3 is 0 Å². The van der Waals surface area contributed by atoms with Crippen molar-refractivity contribution in [2.45, 2.75) is 67.5 Å². The van der Waals surface area contributed by atoms with Gasteiger partial charge in [0, 0.05) is 54.9 Å². The number of carbonyl (C=O) groups excluding carboxylic acids is 2. The van der Waals surface area contributed by atoms with Crippen molar-refractivity contribution < 1.29 is 67.0 Å². The Morgan fingerprint density at radius 2 is 1.56 bits per heavy atom. The first kappa shape index (κ1) is 51.4. The molecule has 4 aromatic carbocycles. The molecule has 0 radical (unpaired) electrons. The van der Waals surface area contributed by atoms with Crippen molar-refractivity contribution in [2.24, 2.45) is 10.2 Å². The van der Waals surface area contributed by atoms with Crippen molar-refractivity contribution in [1.82, 2.24) is 25.6 Å². The van der Waals surface area contributed by atoms with Crippen molar-refractivity contribution >= 4 is 55.5 Å². The predicted octanol–water partition coefficient (Wildman–Crippen LogP) is 1.24. The largest absolute Gasteiger partial charge is 0.394 e. The molecule has 0 spiro atoms. The van der Waals surface area contributed by atoms with Crippen LogP contribution in [0.5, 0.6) is 0 Å². The van der Waals surface area contributed by atoms with Crippen LogP contribution in [-0.4, -0.2) is 162 Å². The van der Waals surface area contributed by atoms with E-state index in [0.717, 1.165) is 12.6 Å². The fourth-order valence-corrected chi connectivity index (χ4v) is 7.55. The number of nitrogens with zero attached hydrogens (tertiary/aromatic N) is 6. The molecule has 1 aromatic heterocycles. The zero-order valence-electron chi connectivity index (χ0n) is 37.3. The number of aliphatic hydroxyl groups is 5. The predicted molar refractivity (Wildman–Crippen MR) is 244 cm³/mol. The van der Waals surface area contributed by atoms with Gasteiger partial charge in [0.2, 0.25) is 0 Å². The van der Waals surface area contributed by atoms with E-state index in [4.69, 9.17) is 18.9 Å². The third kappa shape index (κ3) is 13.4. The van der Waals surface area contributed by atoms with Crippen LogP contribution in [0.2, 0.25) is 0 Å². The van der Waals surface area contributed by atoms with Gasteiger partial charge in [-0.05, 0) is 67.6 Å². The van der Waals surface area contributed by atoms with Gasteiger partial charge in [-0.1, -0.05) is 29.5 Å². The van der Waals surface area contributed by atoms with Crippen LogP contribution in [-0.2, 0) is 46.9 Å². The minimum Gasteiger partial charge on any atom is -0.394 e. The number of hydrogen-bond acceptors (Lipinski definition) is 19. The van der Waals surface area contributed by atoms with Crippen LogP contribution in [0.25, 0.3) is 10.8 Å². The average molecular weight is 966 g/mol. The van der Waals surface area contributed by atoms with Crippen molar-refractivity contribution in [1.29, 1.82) is 0 Å². The number of anilines is 2. The highest BCUT2D eigenvalue weighted by Crippen LogP contribution is 2.30. The molecular formula is C44H55N9O14S. The van der Waals surface area contributed by atoms with Crippen LogP contribution >= 0.6 is 0 Å². The van der Waals surface area contributed by atoms with Crippen LogP contribution in [0, 0.1) is 0 Å². The second-order valence-corrected chi connectivity index (χ2v) is 17.3. The Kier molecular flexibility index (Phi) is 17.6. The van der Waals surface area contributed by atoms with E-state index in [1.165, 1.54) is 22.9 Å². The van der Waals surface area contributed by atoms with Crippen LogP contribution in [0.1, 0.15) is 23.0 Å². The molecule has 23 nitrogen and oxygen atoms in total. The number of carbonyl (C=O) groups is 2. The maximum Gasteiger partial charge on any atom is 0.295 e. The average Bonchev–Trinajstić information content (AvgIpc) is 3.79. The molecule has 0 aliphatic carbocycles. The summed E-state index contributed by atoms with van der Waals surface area (Å²) in [4.78, 5) is 28.0. The van der Waals surface area contributed by atoms with Gasteiger partial charge in [0.25, 0.3) is 21.9 Å². The van der Waals surface area contributed by atoms with Gasteiger partial charge in [0.1, 0.15) is 35.0 Å². The molecule has 7 atom stereocenters. The third-order valence-corrected chi connectivity index (χ3v) is 11.6. The summed E-state index contributed by atoms with van der Waals surface area (Å²) >= 11 is 0. The number of amides is 2. The standard InChI is InChI=1S/C44H55N9O14S/c1-44(60,42(59)46-19-18-45-34-8-4-7-33-32(34)6-5-9-36(33)68(61,62)63)43(67-41-39(57)38(56)37(55)35(26-54)66-41)65-23-22-64-21-20-53-25-30(50-51-53)24-47-40(58)27-10-12-28(13-11-27)48-49-29-14-16-31(17-15-29)52(2)3/h4-17,25,35,37-39,41,43,45,54-57,60H,18-24,26H2,1-3H3,(H,46,59)(H,47,58)(H,61,62,63)/b49-48+/t35-,37+,38+,39-,41+,43-,44?/m1/s1. The lowest BCUT2D eigenvalue weighted by Gasteiger charge is -2.42. The highest BCUT2D eigenvalue weighted by molar-refractivity contribution is 7.86. The van der Waals surface area contributed by atoms with Crippen LogP contribution in [0.15, 0.2) is 106 Å². The molecule has 24 heteroatoms. The van der Waals surface area contributed by atoms with Gasteiger partial charge in [-0.3, -0.25) is 14.1 Å². The molecule has 9 N–H and O–H groups in total. The fourth-order valence-electron chi connectivity index (χ4n) is 6.84. The lowest BCUT2D eigenvalue weighted by molar-refractivity contribution is -0.355. The Hall–Kier alpha value is -6.03. The number of rotatable bonds is 23. The maximum atomic E-state index is 13.4. The van der Waals surface area contributed by atoms with E-state index >= 15 is 0 Å². The zero-order valence-corrected chi connectivity index (χ0v) is 38.1. The van der Waals surface area contributed by atoms with Gasteiger partial charge in [-0.25, -0.2) is 4.68 Å². The molecular weight excluding hydrogens is 911 g/mol. The Morgan fingerprint density at radius 3 is 2.24 bits per heavy atom. The topological polar surface area (TPSA) is 321 Å². The Balaban J connectivity index is 0.968.